The Hall–Kier alpha value is -0.820. The van der Waals surface area contributed by atoms with Gasteiger partial charge in [0.25, 0.3) is 0 Å². The monoisotopic (exact) mass is 317 g/mol. The molecule has 1 heteroatoms. The highest BCUT2D eigenvalue weighted by molar-refractivity contribution is 5.24. The van der Waals surface area contributed by atoms with Gasteiger partial charge in [0.1, 0.15) is 0 Å². The van der Waals surface area contributed by atoms with Crippen LogP contribution in [0.1, 0.15) is 108 Å². The lowest BCUT2D eigenvalue weighted by Crippen LogP contribution is -2.04. The molecular weight excluding hydrogens is 278 g/mol. The summed E-state index contributed by atoms with van der Waals surface area (Å²) in [5, 5.41) is 0. The summed E-state index contributed by atoms with van der Waals surface area (Å²) >= 11 is 0. The molecule has 0 aromatic heterocycles. The third-order valence-electron chi connectivity index (χ3n) is 4.82. The molecule has 0 radical (unpaired) electrons. The highest BCUT2D eigenvalue weighted by Crippen LogP contribution is 2.15. The van der Waals surface area contributed by atoms with Crippen molar-refractivity contribution in [2.45, 2.75) is 103 Å². The zero-order valence-corrected chi connectivity index (χ0v) is 15.7. The molecule has 1 aromatic carbocycles. The molecule has 1 nitrogen and oxygen atoms in total. The van der Waals surface area contributed by atoms with Crippen LogP contribution in [0, 0.1) is 0 Å². The summed E-state index contributed by atoms with van der Waals surface area (Å²) in [4.78, 5) is 0. The van der Waals surface area contributed by atoms with E-state index in [-0.39, 0.29) is 6.04 Å². The Labute approximate surface area is 145 Å². The van der Waals surface area contributed by atoms with Crippen molar-refractivity contribution in [2.75, 3.05) is 0 Å². The predicted molar refractivity (Wildman–Crippen MR) is 104 cm³/mol. The van der Waals surface area contributed by atoms with Gasteiger partial charge in [-0.25, -0.2) is 0 Å². The maximum Gasteiger partial charge on any atom is 0.0266 e. The summed E-state index contributed by atoms with van der Waals surface area (Å²) in [5.74, 6) is 0. The van der Waals surface area contributed by atoms with Crippen LogP contribution in [0.25, 0.3) is 0 Å². The molecule has 0 bridgehead atoms. The van der Waals surface area contributed by atoms with E-state index in [1.54, 1.807) is 0 Å². The van der Waals surface area contributed by atoms with Crippen LogP contribution in [0.2, 0.25) is 0 Å². The average Bonchev–Trinajstić information content (AvgIpc) is 2.56. The zero-order valence-electron chi connectivity index (χ0n) is 15.7. The molecule has 1 atom stereocenters. The first kappa shape index (κ1) is 20.2. The van der Waals surface area contributed by atoms with Crippen molar-refractivity contribution in [1.82, 2.24) is 0 Å². The minimum atomic E-state index is 0.149. The van der Waals surface area contributed by atoms with Crippen molar-refractivity contribution in [2.24, 2.45) is 5.73 Å². The van der Waals surface area contributed by atoms with Crippen molar-refractivity contribution in [1.29, 1.82) is 0 Å². The molecule has 0 unspecified atom stereocenters. The fourth-order valence-corrected chi connectivity index (χ4v) is 3.16. The van der Waals surface area contributed by atoms with Gasteiger partial charge in [0.2, 0.25) is 0 Å². The van der Waals surface area contributed by atoms with E-state index >= 15 is 0 Å². The second-order valence-electron chi connectivity index (χ2n) is 7.17. The molecule has 0 saturated heterocycles. The number of hydrogen-bond donors (Lipinski definition) is 1. The van der Waals surface area contributed by atoms with E-state index in [1.165, 1.54) is 94.6 Å². The molecule has 23 heavy (non-hydrogen) atoms. The molecular formula is C22H39N. The lowest BCUT2D eigenvalue weighted by Gasteiger charge is -2.07. The van der Waals surface area contributed by atoms with E-state index in [0.717, 1.165) is 0 Å². The molecule has 0 heterocycles. The molecule has 0 spiro atoms. The van der Waals surface area contributed by atoms with Crippen LogP contribution in [0.15, 0.2) is 24.3 Å². The average molecular weight is 318 g/mol. The largest absolute Gasteiger partial charge is 0.324 e. The fraction of sp³-hybridized carbons (Fsp3) is 0.727. The second kappa shape index (κ2) is 13.6. The van der Waals surface area contributed by atoms with Crippen LogP contribution in [-0.2, 0) is 6.42 Å². The van der Waals surface area contributed by atoms with Gasteiger partial charge < -0.3 is 5.73 Å². The number of benzene rings is 1. The molecule has 1 rings (SSSR count). The Kier molecular flexibility index (Phi) is 12.0. The summed E-state index contributed by atoms with van der Waals surface area (Å²) in [6, 6.07) is 9.01. The second-order valence-corrected chi connectivity index (χ2v) is 7.17. The van der Waals surface area contributed by atoms with Crippen molar-refractivity contribution in [3.05, 3.63) is 35.4 Å². The van der Waals surface area contributed by atoms with Crippen molar-refractivity contribution >= 4 is 0 Å². The summed E-state index contributed by atoms with van der Waals surface area (Å²) in [6.07, 6.45) is 18.2. The third kappa shape index (κ3) is 10.5. The summed E-state index contributed by atoms with van der Waals surface area (Å²) in [6.45, 7) is 4.33. The minimum Gasteiger partial charge on any atom is -0.324 e. The number of hydrogen-bond acceptors (Lipinski definition) is 1. The Morgan fingerprint density at radius 1 is 0.696 bits per heavy atom. The lowest BCUT2D eigenvalue weighted by atomic mass is 10.0. The molecule has 0 aliphatic carbocycles. The molecule has 0 fully saturated rings. The molecule has 0 aliphatic heterocycles. The number of unbranched alkanes of at least 4 members (excludes halogenated alkanes) is 11. The quantitative estimate of drug-likeness (QED) is 0.369. The van der Waals surface area contributed by atoms with E-state index in [0.29, 0.717) is 0 Å². The van der Waals surface area contributed by atoms with Crippen LogP contribution in [0.5, 0.6) is 0 Å². The maximum absolute atomic E-state index is 5.88. The maximum atomic E-state index is 5.88. The number of nitrogens with two attached hydrogens (primary N) is 1. The van der Waals surface area contributed by atoms with Gasteiger partial charge in [0.05, 0.1) is 0 Å². The van der Waals surface area contributed by atoms with Crippen molar-refractivity contribution < 1.29 is 0 Å². The Bertz CT molecular complexity index is 366. The van der Waals surface area contributed by atoms with Crippen LogP contribution >= 0.6 is 0 Å². The third-order valence-corrected chi connectivity index (χ3v) is 4.82. The molecule has 2 N–H and O–H groups in total. The molecule has 0 amide bonds. The molecule has 132 valence electrons. The summed E-state index contributed by atoms with van der Waals surface area (Å²) in [5.41, 5.74) is 8.58. The van der Waals surface area contributed by atoms with Gasteiger partial charge in [0.15, 0.2) is 0 Å². The summed E-state index contributed by atoms with van der Waals surface area (Å²) in [7, 11) is 0. The van der Waals surface area contributed by atoms with Gasteiger partial charge >= 0.3 is 0 Å². The van der Waals surface area contributed by atoms with Crippen molar-refractivity contribution in [3.63, 3.8) is 0 Å². The van der Waals surface area contributed by atoms with Crippen molar-refractivity contribution in [3.8, 4) is 0 Å². The number of aryl methyl sites for hydroxylation is 1. The van der Waals surface area contributed by atoms with Crippen LogP contribution in [0.3, 0.4) is 0 Å². The lowest BCUT2D eigenvalue weighted by molar-refractivity contribution is 0.544. The topological polar surface area (TPSA) is 26.0 Å². The Morgan fingerprint density at radius 2 is 1.13 bits per heavy atom. The van der Waals surface area contributed by atoms with Gasteiger partial charge in [-0.3, -0.25) is 0 Å². The summed E-state index contributed by atoms with van der Waals surface area (Å²) < 4.78 is 0. The molecule has 0 saturated carbocycles. The smallest absolute Gasteiger partial charge is 0.0266 e. The van der Waals surface area contributed by atoms with Gasteiger partial charge in [-0.1, -0.05) is 102 Å². The van der Waals surface area contributed by atoms with Gasteiger partial charge in [0, 0.05) is 6.04 Å². The van der Waals surface area contributed by atoms with Gasteiger partial charge in [-0.15, -0.1) is 0 Å². The zero-order chi connectivity index (χ0) is 16.8. The highest BCUT2D eigenvalue weighted by atomic mass is 14.6. The minimum absolute atomic E-state index is 0.149. The van der Waals surface area contributed by atoms with Crippen LogP contribution in [0.4, 0.5) is 0 Å². The Balaban J connectivity index is 1.89. The highest BCUT2D eigenvalue weighted by Gasteiger charge is 1.99. The van der Waals surface area contributed by atoms with E-state index in [4.69, 9.17) is 5.73 Å². The van der Waals surface area contributed by atoms with Crippen LogP contribution < -0.4 is 5.73 Å². The fourth-order valence-electron chi connectivity index (χ4n) is 3.16. The SMILES string of the molecule is CCCCCCCCCCCCCCc1ccc([C@H](C)N)cc1. The first-order valence-electron chi connectivity index (χ1n) is 10.1. The van der Waals surface area contributed by atoms with E-state index in [9.17, 15) is 0 Å². The molecule has 0 aliphatic rings. The van der Waals surface area contributed by atoms with Crippen LogP contribution in [-0.4, -0.2) is 0 Å². The predicted octanol–water partition coefficient (Wildman–Crippen LogP) is 6.95. The Morgan fingerprint density at radius 3 is 1.57 bits per heavy atom. The number of rotatable bonds is 14. The molecule has 1 aromatic rings. The first-order valence-corrected chi connectivity index (χ1v) is 10.1. The normalized spacial score (nSPS) is 12.5. The van der Waals surface area contributed by atoms with Gasteiger partial charge in [-0.05, 0) is 30.9 Å². The van der Waals surface area contributed by atoms with E-state index < -0.39 is 0 Å². The first-order chi connectivity index (χ1) is 11.2. The van der Waals surface area contributed by atoms with Gasteiger partial charge in [-0.2, -0.15) is 0 Å². The van der Waals surface area contributed by atoms with E-state index in [2.05, 4.69) is 31.2 Å². The van der Waals surface area contributed by atoms with E-state index in [1.807, 2.05) is 6.92 Å². The standard InChI is InChI=1S/C22H39N/c1-3-4-5-6-7-8-9-10-11-12-13-14-15-21-16-18-22(19-17-21)20(2)23/h16-20H,3-15,23H2,1-2H3/t20-/m0/s1.